The molecule has 1 heterocycles. The molecule has 2 N–H and O–H groups in total. The number of nitrogens with one attached hydrogen (secondary N) is 1. The van der Waals surface area contributed by atoms with Crippen LogP contribution in [0, 0.1) is 0 Å². The van der Waals surface area contributed by atoms with Crippen LogP contribution < -0.4 is 10.2 Å². The van der Waals surface area contributed by atoms with Crippen LogP contribution in [-0.4, -0.2) is 26.8 Å². The minimum Gasteiger partial charge on any atom is -0.376 e. The molecule has 6 nitrogen and oxygen atoms in total. The summed E-state index contributed by atoms with van der Waals surface area (Å²) in [6.45, 7) is -0.176. The molecule has 0 fully saturated rings. The minimum absolute atomic E-state index is 0.176. The second-order valence-electron chi connectivity index (χ2n) is 7.59. The number of benzene rings is 4. The highest BCUT2D eigenvalue weighted by atomic mass is 16.3. The van der Waals surface area contributed by atoms with Crippen molar-refractivity contribution < 1.29 is 5.11 Å². The third kappa shape index (κ3) is 4.62. The van der Waals surface area contributed by atoms with E-state index < -0.39 is 0 Å². The van der Waals surface area contributed by atoms with Crippen molar-refractivity contribution in [2.75, 3.05) is 16.9 Å². The van der Waals surface area contributed by atoms with E-state index in [9.17, 15) is 5.11 Å². The molecule has 0 amide bonds. The molecule has 166 valence electrons. The number of hydrogen-bond donors (Lipinski definition) is 2. The van der Waals surface area contributed by atoms with Gasteiger partial charge in [-0.3, -0.25) is 0 Å². The summed E-state index contributed by atoms with van der Waals surface area (Å²) in [4.78, 5) is 16.0. The van der Waals surface area contributed by atoms with Crippen LogP contribution in [0.5, 0.6) is 0 Å². The average molecular weight is 446 g/mol. The minimum atomic E-state index is -0.176. The Morgan fingerprint density at radius 3 is 1.65 bits per heavy atom. The second-order valence-corrected chi connectivity index (χ2v) is 7.59. The largest absolute Gasteiger partial charge is 0.376 e. The number of aliphatic hydroxyl groups is 1. The normalized spacial score (nSPS) is 10.6. The van der Waals surface area contributed by atoms with E-state index in [0.717, 1.165) is 28.2 Å². The number of aliphatic hydroxyl groups excluding tert-OH is 1. The first-order chi connectivity index (χ1) is 16.8. The maximum atomic E-state index is 10.2. The third-order valence-electron chi connectivity index (χ3n) is 5.35. The summed E-state index contributed by atoms with van der Waals surface area (Å²) >= 11 is 0. The van der Waals surface area contributed by atoms with E-state index >= 15 is 0 Å². The van der Waals surface area contributed by atoms with E-state index in [-0.39, 0.29) is 6.73 Å². The lowest BCUT2D eigenvalue weighted by atomic mass is 10.2. The van der Waals surface area contributed by atoms with Crippen molar-refractivity contribution in [2.45, 2.75) is 0 Å². The Morgan fingerprint density at radius 1 is 0.588 bits per heavy atom. The summed E-state index contributed by atoms with van der Waals surface area (Å²) < 4.78 is 0. The first-order valence-corrected chi connectivity index (χ1v) is 11.0. The van der Waals surface area contributed by atoms with Gasteiger partial charge in [0.1, 0.15) is 6.73 Å². The topological polar surface area (TPSA) is 74.2 Å². The molecule has 4 aromatic carbocycles. The Balaban J connectivity index is 1.58. The highest BCUT2D eigenvalue weighted by molar-refractivity contribution is 5.79. The van der Waals surface area contributed by atoms with Crippen LogP contribution in [0.2, 0.25) is 0 Å². The highest BCUT2D eigenvalue weighted by Crippen LogP contribution is 2.33. The lowest BCUT2D eigenvalue weighted by Gasteiger charge is -2.25. The molecule has 0 aliphatic rings. The molecule has 0 saturated heterocycles. The predicted molar refractivity (Wildman–Crippen MR) is 136 cm³/mol. The number of hydrogen-bond acceptors (Lipinski definition) is 6. The van der Waals surface area contributed by atoms with Gasteiger partial charge >= 0.3 is 0 Å². The molecule has 0 unspecified atom stereocenters. The van der Waals surface area contributed by atoms with E-state index in [1.54, 1.807) is 0 Å². The molecule has 5 rings (SSSR count). The maximum absolute atomic E-state index is 10.2. The van der Waals surface area contributed by atoms with Gasteiger partial charge in [0.15, 0.2) is 11.6 Å². The molecule has 0 aliphatic heterocycles. The number of para-hydroxylation sites is 3. The van der Waals surface area contributed by atoms with Crippen molar-refractivity contribution in [3.8, 4) is 22.8 Å². The zero-order chi connectivity index (χ0) is 23.2. The van der Waals surface area contributed by atoms with Crippen molar-refractivity contribution in [3.05, 3.63) is 115 Å². The molecule has 0 spiro atoms. The van der Waals surface area contributed by atoms with Gasteiger partial charge in [-0.2, -0.15) is 9.97 Å². The van der Waals surface area contributed by atoms with E-state index in [4.69, 9.17) is 15.0 Å². The summed E-state index contributed by atoms with van der Waals surface area (Å²) in [6, 6.07) is 37.2. The van der Waals surface area contributed by atoms with Crippen molar-refractivity contribution in [1.29, 1.82) is 0 Å². The molecular weight excluding hydrogens is 422 g/mol. The Morgan fingerprint density at radius 2 is 1.09 bits per heavy atom. The molecular formula is C28H23N5O. The summed E-state index contributed by atoms with van der Waals surface area (Å²) in [5.74, 6) is 1.58. The molecule has 0 bridgehead atoms. The zero-order valence-electron chi connectivity index (χ0n) is 18.4. The Labute approximate surface area is 198 Å². The first kappa shape index (κ1) is 21.3. The van der Waals surface area contributed by atoms with Gasteiger partial charge in [0.2, 0.25) is 5.95 Å². The number of aromatic nitrogens is 3. The average Bonchev–Trinajstić information content (AvgIpc) is 2.91. The van der Waals surface area contributed by atoms with Crippen molar-refractivity contribution in [1.82, 2.24) is 15.0 Å². The van der Waals surface area contributed by atoms with E-state index in [0.29, 0.717) is 17.6 Å². The fourth-order valence-corrected chi connectivity index (χ4v) is 3.70. The van der Waals surface area contributed by atoms with Crippen molar-refractivity contribution in [3.63, 3.8) is 0 Å². The van der Waals surface area contributed by atoms with Crippen molar-refractivity contribution >= 4 is 23.0 Å². The lowest BCUT2D eigenvalue weighted by molar-refractivity contribution is 0.305. The van der Waals surface area contributed by atoms with Crippen LogP contribution >= 0.6 is 0 Å². The Hall–Kier alpha value is -4.55. The third-order valence-corrected chi connectivity index (χ3v) is 5.35. The summed E-state index contributed by atoms with van der Waals surface area (Å²) in [6.07, 6.45) is 0. The molecule has 0 atom stereocenters. The smallest absolute Gasteiger partial charge is 0.231 e. The molecule has 34 heavy (non-hydrogen) atoms. The molecule has 5 aromatic rings. The Kier molecular flexibility index (Phi) is 6.23. The maximum Gasteiger partial charge on any atom is 0.231 e. The predicted octanol–water partition coefficient (Wildman–Crippen LogP) is 6.04. The lowest BCUT2D eigenvalue weighted by Crippen LogP contribution is -2.19. The van der Waals surface area contributed by atoms with Crippen LogP contribution in [-0.2, 0) is 0 Å². The van der Waals surface area contributed by atoms with Crippen LogP contribution in [0.15, 0.2) is 115 Å². The summed E-state index contributed by atoms with van der Waals surface area (Å²) in [7, 11) is 0. The Bertz CT molecular complexity index is 1300. The zero-order valence-corrected chi connectivity index (χ0v) is 18.4. The van der Waals surface area contributed by atoms with Crippen LogP contribution in [0.4, 0.5) is 23.0 Å². The van der Waals surface area contributed by atoms with Gasteiger partial charge in [-0.05, 0) is 24.3 Å². The van der Waals surface area contributed by atoms with Crippen LogP contribution in [0.1, 0.15) is 0 Å². The fraction of sp³-hybridized carbons (Fsp3) is 0.0357. The van der Waals surface area contributed by atoms with E-state index in [1.165, 1.54) is 0 Å². The molecule has 0 radical (unpaired) electrons. The summed E-state index contributed by atoms with van der Waals surface area (Å²) in [5, 5.41) is 13.5. The van der Waals surface area contributed by atoms with Crippen LogP contribution in [0.25, 0.3) is 22.8 Å². The highest BCUT2D eigenvalue weighted by Gasteiger charge is 2.15. The standard InChI is InChI=1S/C28H23N5O/c34-20-33(23-16-8-3-9-17-23)25-19-11-10-18-24(25)29-28-31-26(21-12-4-1-5-13-21)30-27(32-28)22-14-6-2-7-15-22/h1-19,34H,20H2,(H,29,30,31,32). The fourth-order valence-electron chi connectivity index (χ4n) is 3.70. The monoisotopic (exact) mass is 445 g/mol. The van der Waals surface area contributed by atoms with Gasteiger partial charge in [0.05, 0.1) is 11.4 Å². The van der Waals surface area contributed by atoms with Gasteiger partial charge in [-0.25, -0.2) is 4.98 Å². The number of rotatable bonds is 7. The summed E-state index contributed by atoms with van der Waals surface area (Å²) in [5.41, 5.74) is 4.26. The van der Waals surface area contributed by atoms with Gasteiger partial charge in [0.25, 0.3) is 0 Å². The first-order valence-electron chi connectivity index (χ1n) is 11.0. The second kappa shape index (κ2) is 9.94. The molecule has 0 saturated carbocycles. The van der Waals surface area contributed by atoms with Gasteiger partial charge in [-0.15, -0.1) is 0 Å². The molecule has 1 aromatic heterocycles. The van der Waals surface area contributed by atoms with Gasteiger partial charge in [-0.1, -0.05) is 91.0 Å². The van der Waals surface area contributed by atoms with E-state index in [2.05, 4.69) is 5.32 Å². The quantitative estimate of drug-likeness (QED) is 0.298. The molecule has 0 aliphatic carbocycles. The van der Waals surface area contributed by atoms with Gasteiger partial charge in [0, 0.05) is 16.8 Å². The SMILES string of the molecule is OCN(c1ccccc1)c1ccccc1Nc1nc(-c2ccccc2)nc(-c2ccccc2)n1. The molecule has 6 heteroatoms. The van der Waals surface area contributed by atoms with E-state index in [1.807, 2.05) is 120 Å². The number of anilines is 4. The van der Waals surface area contributed by atoms with Crippen LogP contribution in [0.3, 0.4) is 0 Å². The van der Waals surface area contributed by atoms with Gasteiger partial charge < -0.3 is 15.3 Å². The van der Waals surface area contributed by atoms with Crippen molar-refractivity contribution in [2.24, 2.45) is 0 Å². The number of nitrogens with zero attached hydrogens (tertiary/aromatic N) is 4.